The third kappa shape index (κ3) is 3.59. The molecule has 1 aromatic rings. The third-order valence-electron chi connectivity index (χ3n) is 2.30. The van der Waals surface area contributed by atoms with Crippen LogP contribution in [0, 0.1) is 0 Å². The van der Waals surface area contributed by atoms with Gasteiger partial charge < -0.3 is 16.2 Å². The molecule has 1 rings (SSSR count). The van der Waals surface area contributed by atoms with Crippen molar-refractivity contribution >= 4 is 11.7 Å². The first-order valence-corrected chi connectivity index (χ1v) is 4.88. The Morgan fingerprint density at radius 2 is 2.07 bits per heavy atom. The highest BCUT2D eigenvalue weighted by Gasteiger charge is 2.10. The molecule has 0 aliphatic heterocycles. The van der Waals surface area contributed by atoms with E-state index in [0.717, 1.165) is 11.3 Å². The van der Waals surface area contributed by atoms with Crippen molar-refractivity contribution in [3.8, 4) is 0 Å². The molecule has 15 heavy (non-hydrogen) atoms. The minimum atomic E-state index is -0.943. The molecule has 0 aromatic heterocycles. The quantitative estimate of drug-likeness (QED) is 0.676. The molecule has 82 valence electrons. The number of carboxylic acid groups (broad SMARTS) is 1. The number of hydrogen-bond donors (Lipinski definition) is 3. The Hall–Kier alpha value is -1.55. The standard InChI is InChI=1S/C11H16N2O2/c1-13-9-5-2-8(3-6-9)4-7-10(12)11(14)15/h2-3,5-6,10,13H,4,7,12H2,1H3,(H,14,15)/t10-/m0/s1. The van der Waals surface area contributed by atoms with E-state index >= 15 is 0 Å². The van der Waals surface area contributed by atoms with Gasteiger partial charge in [0, 0.05) is 12.7 Å². The minimum Gasteiger partial charge on any atom is -0.480 e. The fourth-order valence-electron chi connectivity index (χ4n) is 1.28. The van der Waals surface area contributed by atoms with Gasteiger partial charge in [0.15, 0.2) is 0 Å². The van der Waals surface area contributed by atoms with Gasteiger partial charge in [-0.2, -0.15) is 0 Å². The number of nitrogens with two attached hydrogens (primary N) is 1. The van der Waals surface area contributed by atoms with Crippen molar-refractivity contribution in [2.24, 2.45) is 5.73 Å². The predicted octanol–water partition coefficient (Wildman–Crippen LogP) is 1.07. The molecule has 4 N–H and O–H groups in total. The van der Waals surface area contributed by atoms with Gasteiger partial charge in [0.25, 0.3) is 0 Å². The molecular weight excluding hydrogens is 192 g/mol. The smallest absolute Gasteiger partial charge is 0.320 e. The molecule has 4 heteroatoms. The molecule has 0 fully saturated rings. The molecule has 0 aliphatic carbocycles. The maximum absolute atomic E-state index is 10.5. The molecule has 0 saturated carbocycles. The summed E-state index contributed by atoms with van der Waals surface area (Å²) >= 11 is 0. The average molecular weight is 208 g/mol. The Balaban J connectivity index is 2.47. The van der Waals surface area contributed by atoms with Gasteiger partial charge in [-0.1, -0.05) is 12.1 Å². The number of aliphatic carboxylic acids is 1. The zero-order valence-electron chi connectivity index (χ0n) is 8.73. The van der Waals surface area contributed by atoms with Gasteiger partial charge in [0.05, 0.1) is 0 Å². The number of benzene rings is 1. The van der Waals surface area contributed by atoms with Crippen molar-refractivity contribution < 1.29 is 9.90 Å². The molecule has 0 radical (unpaired) electrons. The molecule has 0 spiro atoms. The van der Waals surface area contributed by atoms with Gasteiger partial charge in [0.1, 0.15) is 6.04 Å². The van der Waals surface area contributed by atoms with Crippen LogP contribution in [0.25, 0.3) is 0 Å². The van der Waals surface area contributed by atoms with Crippen molar-refractivity contribution in [1.82, 2.24) is 0 Å². The third-order valence-corrected chi connectivity index (χ3v) is 2.30. The number of carbonyl (C=O) groups is 1. The molecule has 4 nitrogen and oxygen atoms in total. The number of aryl methyl sites for hydroxylation is 1. The van der Waals surface area contributed by atoms with Gasteiger partial charge in [0.2, 0.25) is 0 Å². The van der Waals surface area contributed by atoms with Gasteiger partial charge >= 0.3 is 5.97 Å². The molecule has 1 aromatic carbocycles. The van der Waals surface area contributed by atoms with Crippen molar-refractivity contribution in [2.45, 2.75) is 18.9 Å². The lowest BCUT2D eigenvalue weighted by molar-refractivity contribution is -0.138. The summed E-state index contributed by atoms with van der Waals surface area (Å²) in [5.74, 6) is -0.943. The summed E-state index contributed by atoms with van der Waals surface area (Å²) in [6, 6.07) is 7.10. The van der Waals surface area contributed by atoms with Crippen LogP contribution in [-0.2, 0) is 11.2 Å². The summed E-state index contributed by atoms with van der Waals surface area (Å²) in [5, 5.41) is 11.6. The maximum Gasteiger partial charge on any atom is 0.320 e. The number of carboxylic acids is 1. The molecule has 0 unspecified atom stereocenters. The first kappa shape index (κ1) is 11.5. The fourth-order valence-corrected chi connectivity index (χ4v) is 1.28. The summed E-state index contributed by atoms with van der Waals surface area (Å²) in [4.78, 5) is 10.5. The zero-order valence-corrected chi connectivity index (χ0v) is 8.73. The van der Waals surface area contributed by atoms with Gasteiger partial charge in [-0.25, -0.2) is 0 Å². The van der Waals surface area contributed by atoms with Crippen LogP contribution in [0.3, 0.4) is 0 Å². The number of hydrogen-bond acceptors (Lipinski definition) is 3. The van der Waals surface area contributed by atoms with E-state index in [9.17, 15) is 4.79 Å². The highest BCUT2D eigenvalue weighted by atomic mass is 16.4. The van der Waals surface area contributed by atoms with Crippen LogP contribution in [0.15, 0.2) is 24.3 Å². The minimum absolute atomic E-state index is 0.467. The lowest BCUT2D eigenvalue weighted by Crippen LogP contribution is -2.30. The van der Waals surface area contributed by atoms with Crippen molar-refractivity contribution in [3.63, 3.8) is 0 Å². The lowest BCUT2D eigenvalue weighted by atomic mass is 10.1. The van der Waals surface area contributed by atoms with Crippen molar-refractivity contribution in [3.05, 3.63) is 29.8 Å². The second-order valence-corrected chi connectivity index (χ2v) is 3.43. The highest BCUT2D eigenvalue weighted by molar-refractivity contribution is 5.73. The molecule has 0 bridgehead atoms. The maximum atomic E-state index is 10.5. The first-order valence-electron chi connectivity index (χ1n) is 4.88. The van der Waals surface area contributed by atoms with E-state index in [4.69, 9.17) is 10.8 Å². The van der Waals surface area contributed by atoms with E-state index in [-0.39, 0.29) is 0 Å². The summed E-state index contributed by atoms with van der Waals surface area (Å²) in [6.45, 7) is 0. The van der Waals surface area contributed by atoms with E-state index in [1.807, 2.05) is 31.3 Å². The molecule has 0 heterocycles. The van der Waals surface area contributed by atoms with Crippen molar-refractivity contribution in [1.29, 1.82) is 0 Å². The van der Waals surface area contributed by atoms with E-state index in [2.05, 4.69) is 5.32 Å². The fraction of sp³-hybridized carbons (Fsp3) is 0.364. The van der Waals surface area contributed by atoms with Crippen LogP contribution in [-0.4, -0.2) is 24.2 Å². The summed E-state index contributed by atoms with van der Waals surface area (Å²) in [6.07, 6.45) is 1.16. The Morgan fingerprint density at radius 3 is 2.53 bits per heavy atom. The number of anilines is 1. The van der Waals surface area contributed by atoms with Gasteiger partial charge in [-0.15, -0.1) is 0 Å². The van der Waals surface area contributed by atoms with Gasteiger partial charge in [-0.3, -0.25) is 4.79 Å². The summed E-state index contributed by atoms with van der Waals surface area (Å²) < 4.78 is 0. The molecule has 1 atom stereocenters. The first-order chi connectivity index (χ1) is 7.13. The van der Waals surface area contributed by atoms with E-state index in [0.29, 0.717) is 12.8 Å². The topological polar surface area (TPSA) is 75.3 Å². The molecule has 0 aliphatic rings. The van der Waals surface area contributed by atoms with Crippen LogP contribution >= 0.6 is 0 Å². The van der Waals surface area contributed by atoms with Crippen molar-refractivity contribution in [2.75, 3.05) is 12.4 Å². The molecular formula is C11H16N2O2. The van der Waals surface area contributed by atoms with Crippen LogP contribution in [0.5, 0.6) is 0 Å². The Labute approximate surface area is 89.1 Å². The molecule has 0 amide bonds. The summed E-state index contributed by atoms with van der Waals surface area (Å²) in [7, 11) is 1.86. The van der Waals surface area contributed by atoms with E-state index in [1.54, 1.807) is 0 Å². The normalized spacial score (nSPS) is 12.1. The zero-order chi connectivity index (χ0) is 11.3. The highest BCUT2D eigenvalue weighted by Crippen LogP contribution is 2.10. The van der Waals surface area contributed by atoms with E-state index < -0.39 is 12.0 Å². The Bertz CT molecular complexity index is 322. The Kier molecular flexibility index (Phi) is 4.12. The van der Waals surface area contributed by atoms with Crippen LogP contribution in [0.1, 0.15) is 12.0 Å². The number of rotatable bonds is 5. The second-order valence-electron chi connectivity index (χ2n) is 3.43. The summed E-state index contributed by atoms with van der Waals surface area (Å²) in [5.41, 5.74) is 7.55. The largest absolute Gasteiger partial charge is 0.480 e. The van der Waals surface area contributed by atoms with Gasteiger partial charge in [-0.05, 0) is 30.5 Å². The van der Waals surface area contributed by atoms with Crippen LogP contribution < -0.4 is 11.1 Å². The number of nitrogens with one attached hydrogen (secondary N) is 1. The van der Waals surface area contributed by atoms with Crippen LogP contribution in [0.4, 0.5) is 5.69 Å². The molecule has 0 saturated heterocycles. The van der Waals surface area contributed by atoms with E-state index in [1.165, 1.54) is 0 Å². The monoisotopic (exact) mass is 208 g/mol. The SMILES string of the molecule is CNc1ccc(CC[C@H](N)C(=O)O)cc1. The lowest BCUT2D eigenvalue weighted by Gasteiger charge is -2.06. The van der Waals surface area contributed by atoms with Crippen LogP contribution in [0.2, 0.25) is 0 Å². The average Bonchev–Trinajstić information content (AvgIpc) is 2.26. The second kappa shape index (κ2) is 5.36. The Morgan fingerprint density at radius 1 is 1.47 bits per heavy atom. The predicted molar refractivity (Wildman–Crippen MR) is 59.9 cm³/mol.